The Hall–Kier alpha value is -1.42. The third-order valence-electron chi connectivity index (χ3n) is 3.94. The van der Waals surface area contributed by atoms with Crippen LogP contribution in [0.5, 0.6) is 11.5 Å². The molecule has 1 aliphatic carbocycles. The second-order valence-corrected chi connectivity index (χ2v) is 5.17. The standard InChI is InChI=1S/C15H24N2O2/c1-10-14(18-2)9-8-13(15(10)19-3)17-12-7-5-4-6-11(12)16/h8-9,11-12,17H,4-7,16H2,1-3H3. The molecule has 3 N–H and O–H groups in total. The third-order valence-corrected chi connectivity index (χ3v) is 3.94. The lowest BCUT2D eigenvalue weighted by Gasteiger charge is -2.31. The number of anilines is 1. The Bertz CT molecular complexity index is 434. The molecule has 0 aromatic heterocycles. The molecule has 0 bridgehead atoms. The maximum Gasteiger partial charge on any atom is 0.148 e. The molecule has 0 spiro atoms. The predicted molar refractivity (Wildman–Crippen MR) is 78.1 cm³/mol. The molecule has 0 amide bonds. The molecule has 4 heteroatoms. The maximum absolute atomic E-state index is 6.18. The summed E-state index contributed by atoms with van der Waals surface area (Å²) in [6.07, 6.45) is 4.69. The van der Waals surface area contributed by atoms with E-state index >= 15 is 0 Å². The van der Waals surface area contributed by atoms with Gasteiger partial charge < -0.3 is 20.5 Å². The molecule has 0 heterocycles. The lowest BCUT2D eigenvalue weighted by atomic mass is 9.91. The molecule has 4 nitrogen and oxygen atoms in total. The van der Waals surface area contributed by atoms with Crippen molar-refractivity contribution in [3.8, 4) is 11.5 Å². The molecule has 1 fully saturated rings. The number of hydrogen-bond donors (Lipinski definition) is 2. The van der Waals surface area contributed by atoms with Crippen LogP contribution in [-0.4, -0.2) is 26.3 Å². The van der Waals surface area contributed by atoms with Gasteiger partial charge in [-0.1, -0.05) is 12.8 Å². The fourth-order valence-electron chi connectivity index (χ4n) is 2.81. The van der Waals surface area contributed by atoms with E-state index in [9.17, 15) is 0 Å². The largest absolute Gasteiger partial charge is 0.496 e. The smallest absolute Gasteiger partial charge is 0.148 e. The van der Waals surface area contributed by atoms with Gasteiger partial charge in [0.05, 0.1) is 19.9 Å². The van der Waals surface area contributed by atoms with E-state index in [0.717, 1.165) is 35.6 Å². The zero-order valence-corrected chi connectivity index (χ0v) is 12.0. The van der Waals surface area contributed by atoms with Crippen LogP contribution >= 0.6 is 0 Å². The topological polar surface area (TPSA) is 56.5 Å². The van der Waals surface area contributed by atoms with Crippen LogP contribution in [0, 0.1) is 6.92 Å². The second kappa shape index (κ2) is 6.15. The second-order valence-electron chi connectivity index (χ2n) is 5.17. The first-order chi connectivity index (χ1) is 9.17. The molecule has 1 saturated carbocycles. The summed E-state index contributed by atoms with van der Waals surface area (Å²) in [5, 5.41) is 3.54. The first-order valence-corrected chi connectivity index (χ1v) is 6.91. The van der Waals surface area contributed by atoms with Crippen LogP contribution in [0.1, 0.15) is 31.2 Å². The van der Waals surface area contributed by atoms with Gasteiger partial charge in [-0.3, -0.25) is 0 Å². The van der Waals surface area contributed by atoms with Crippen LogP contribution < -0.4 is 20.5 Å². The van der Waals surface area contributed by atoms with E-state index in [4.69, 9.17) is 15.2 Å². The van der Waals surface area contributed by atoms with Crippen molar-refractivity contribution in [2.75, 3.05) is 19.5 Å². The van der Waals surface area contributed by atoms with Crippen molar-refractivity contribution in [1.29, 1.82) is 0 Å². The molecule has 106 valence electrons. The Balaban J connectivity index is 2.22. The van der Waals surface area contributed by atoms with Gasteiger partial charge in [-0.15, -0.1) is 0 Å². The fraction of sp³-hybridized carbons (Fsp3) is 0.600. The van der Waals surface area contributed by atoms with Gasteiger partial charge in [0.25, 0.3) is 0 Å². The van der Waals surface area contributed by atoms with Gasteiger partial charge in [0.1, 0.15) is 11.5 Å². The molecule has 2 atom stereocenters. The average molecular weight is 264 g/mol. The van der Waals surface area contributed by atoms with E-state index in [-0.39, 0.29) is 6.04 Å². The SMILES string of the molecule is COc1ccc(NC2CCCCC2N)c(OC)c1C. The predicted octanol–water partition coefficient (Wildman–Crippen LogP) is 2.69. The third kappa shape index (κ3) is 2.95. The lowest BCUT2D eigenvalue weighted by molar-refractivity contribution is 0.384. The van der Waals surface area contributed by atoms with Gasteiger partial charge in [-0.25, -0.2) is 0 Å². The van der Waals surface area contributed by atoms with Crippen LogP contribution in [0.2, 0.25) is 0 Å². The molecule has 2 unspecified atom stereocenters. The maximum atomic E-state index is 6.18. The van der Waals surface area contributed by atoms with Gasteiger partial charge in [0, 0.05) is 17.6 Å². The van der Waals surface area contributed by atoms with Gasteiger partial charge >= 0.3 is 0 Å². The number of benzene rings is 1. The Morgan fingerprint density at radius 1 is 1.16 bits per heavy atom. The summed E-state index contributed by atoms with van der Waals surface area (Å²) in [7, 11) is 3.36. The fourth-order valence-corrected chi connectivity index (χ4v) is 2.81. The summed E-state index contributed by atoms with van der Waals surface area (Å²) >= 11 is 0. The van der Waals surface area contributed by atoms with Crippen molar-refractivity contribution < 1.29 is 9.47 Å². The van der Waals surface area contributed by atoms with Crippen molar-refractivity contribution in [3.05, 3.63) is 17.7 Å². The summed E-state index contributed by atoms with van der Waals surface area (Å²) in [4.78, 5) is 0. The molecule has 1 aromatic rings. The zero-order valence-electron chi connectivity index (χ0n) is 12.0. The van der Waals surface area contributed by atoms with Crippen molar-refractivity contribution >= 4 is 5.69 Å². The Morgan fingerprint density at radius 2 is 1.89 bits per heavy atom. The number of nitrogens with two attached hydrogens (primary N) is 1. The van der Waals surface area contributed by atoms with E-state index in [1.54, 1.807) is 14.2 Å². The summed E-state index contributed by atoms with van der Waals surface area (Å²) in [5.74, 6) is 1.69. The molecule has 2 rings (SSSR count). The molecule has 1 aliphatic rings. The number of rotatable bonds is 4. The van der Waals surface area contributed by atoms with E-state index in [2.05, 4.69) is 5.32 Å². The van der Waals surface area contributed by atoms with E-state index in [1.165, 1.54) is 12.8 Å². The molecule has 0 aliphatic heterocycles. The summed E-state index contributed by atoms with van der Waals surface area (Å²) in [6, 6.07) is 4.52. The van der Waals surface area contributed by atoms with Gasteiger partial charge in [-0.2, -0.15) is 0 Å². The zero-order chi connectivity index (χ0) is 13.8. The lowest BCUT2D eigenvalue weighted by Crippen LogP contribution is -2.42. The van der Waals surface area contributed by atoms with Gasteiger partial charge in [-0.05, 0) is 31.9 Å². The Kier molecular flexibility index (Phi) is 4.53. The highest BCUT2D eigenvalue weighted by Gasteiger charge is 2.23. The van der Waals surface area contributed by atoms with Crippen molar-refractivity contribution in [2.24, 2.45) is 5.73 Å². The molecule has 0 radical (unpaired) electrons. The monoisotopic (exact) mass is 264 g/mol. The number of ether oxygens (including phenoxy) is 2. The van der Waals surface area contributed by atoms with E-state index in [0.29, 0.717) is 6.04 Å². The average Bonchev–Trinajstić information content (AvgIpc) is 2.42. The number of methoxy groups -OCH3 is 2. The summed E-state index contributed by atoms with van der Waals surface area (Å²) in [6.45, 7) is 2.00. The molecule has 19 heavy (non-hydrogen) atoms. The highest BCUT2D eigenvalue weighted by Crippen LogP contribution is 2.36. The Morgan fingerprint density at radius 3 is 2.53 bits per heavy atom. The van der Waals surface area contributed by atoms with Crippen LogP contribution in [0.15, 0.2) is 12.1 Å². The van der Waals surface area contributed by atoms with E-state index in [1.807, 2.05) is 19.1 Å². The van der Waals surface area contributed by atoms with Gasteiger partial charge in [0.15, 0.2) is 0 Å². The quantitative estimate of drug-likeness (QED) is 0.878. The first kappa shape index (κ1) is 14.0. The normalized spacial score (nSPS) is 22.9. The van der Waals surface area contributed by atoms with Crippen LogP contribution in [-0.2, 0) is 0 Å². The molecular weight excluding hydrogens is 240 g/mol. The van der Waals surface area contributed by atoms with Crippen molar-refractivity contribution in [2.45, 2.75) is 44.7 Å². The molecular formula is C15H24N2O2. The molecule has 0 saturated heterocycles. The molecule has 1 aromatic carbocycles. The highest BCUT2D eigenvalue weighted by molar-refractivity contribution is 5.64. The van der Waals surface area contributed by atoms with Crippen molar-refractivity contribution in [1.82, 2.24) is 0 Å². The summed E-state index contributed by atoms with van der Waals surface area (Å²) < 4.78 is 10.8. The minimum Gasteiger partial charge on any atom is -0.496 e. The summed E-state index contributed by atoms with van der Waals surface area (Å²) in [5.41, 5.74) is 8.20. The Labute approximate surface area is 115 Å². The highest BCUT2D eigenvalue weighted by atomic mass is 16.5. The number of hydrogen-bond acceptors (Lipinski definition) is 4. The first-order valence-electron chi connectivity index (χ1n) is 6.91. The van der Waals surface area contributed by atoms with Crippen LogP contribution in [0.25, 0.3) is 0 Å². The van der Waals surface area contributed by atoms with Gasteiger partial charge in [0.2, 0.25) is 0 Å². The van der Waals surface area contributed by atoms with E-state index < -0.39 is 0 Å². The van der Waals surface area contributed by atoms with Crippen LogP contribution in [0.4, 0.5) is 5.69 Å². The number of nitrogens with one attached hydrogen (secondary N) is 1. The minimum absolute atomic E-state index is 0.223. The van der Waals surface area contributed by atoms with Crippen LogP contribution in [0.3, 0.4) is 0 Å². The minimum atomic E-state index is 0.223. The van der Waals surface area contributed by atoms with Crippen molar-refractivity contribution in [3.63, 3.8) is 0 Å².